The molecule has 0 aliphatic carbocycles. The van der Waals surface area contributed by atoms with Crippen molar-refractivity contribution in [1.82, 2.24) is 0 Å². The summed E-state index contributed by atoms with van der Waals surface area (Å²) in [4.78, 5) is 31.2. The highest BCUT2D eigenvalue weighted by Gasteiger charge is 2.00. The number of hydrogen-bond acceptors (Lipinski definition) is 2. The van der Waals surface area contributed by atoms with Crippen molar-refractivity contribution in [1.29, 1.82) is 0 Å². The Labute approximate surface area is 63.0 Å². The van der Waals surface area contributed by atoms with E-state index in [4.69, 9.17) is 24.4 Å². The van der Waals surface area contributed by atoms with Crippen molar-refractivity contribution in [2.24, 2.45) is 0 Å². The van der Waals surface area contributed by atoms with Gasteiger partial charge in [0.2, 0.25) is 0 Å². The average Bonchev–Trinajstić information content (AvgIpc) is 1.59. The number of carbonyl (C=O) groups is 1. The molecule has 0 fully saturated rings. The fourth-order valence-corrected chi connectivity index (χ4v) is 0. The second kappa shape index (κ2) is 5.03. The summed E-state index contributed by atoms with van der Waals surface area (Å²) >= 11 is 0. The zero-order valence-electron chi connectivity index (χ0n) is 5.76. The molecule has 0 aromatic rings. The molecule has 0 aliphatic rings. The summed E-state index contributed by atoms with van der Waals surface area (Å²) in [6.45, 7) is 4.60. The summed E-state index contributed by atoms with van der Waals surface area (Å²) in [5.41, 5.74) is 0.176. The standard InChI is InChI=1S/C4H6O2.H3O4P/c1-3(2)4(5)6;1-5(2,3)4/h1H2,2H3,(H,5,6);(H3,1,2,3,4). The molecule has 0 aliphatic heterocycles. The second-order valence-corrected chi connectivity index (χ2v) is 2.63. The Kier molecular flexibility index (Phi) is 5.93. The molecule has 0 saturated heterocycles. The molecule has 4 N–H and O–H groups in total. The lowest BCUT2D eigenvalue weighted by Crippen LogP contribution is -1.92. The Morgan fingerprint density at radius 1 is 1.36 bits per heavy atom. The van der Waals surface area contributed by atoms with E-state index in [-0.39, 0.29) is 5.57 Å². The number of carboxylic acids is 1. The normalized spacial score (nSPS) is 9.45. The highest BCUT2D eigenvalue weighted by Crippen LogP contribution is 2.25. The van der Waals surface area contributed by atoms with Crippen molar-refractivity contribution in [2.75, 3.05) is 0 Å². The molecule has 66 valence electrons. The van der Waals surface area contributed by atoms with Gasteiger partial charge in [0, 0.05) is 5.57 Å². The average molecular weight is 184 g/mol. The smallest absolute Gasteiger partial charge is 0.466 e. The minimum absolute atomic E-state index is 0.176. The van der Waals surface area contributed by atoms with Crippen molar-refractivity contribution < 1.29 is 29.1 Å². The molecular formula is C4H9O6P. The molecule has 6 nitrogen and oxygen atoms in total. The van der Waals surface area contributed by atoms with Crippen LogP contribution in [-0.2, 0) is 9.36 Å². The maximum absolute atomic E-state index is 9.60. The summed E-state index contributed by atoms with van der Waals surface area (Å²) in [7, 11) is -4.64. The zero-order valence-corrected chi connectivity index (χ0v) is 6.65. The largest absolute Gasteiger partial charge is 0.478 e. The van der Waals surface area contributed by atoms with Crippen molar-refractivity contribution in [3.05, 3.63) is 12.2 Å². The maximum atomic E-state index is 9.60. The van der Waals surface area contributed by atoms with Gasteiger partial charge in [-0.25, -0.2) is 9.36 Å². The summed E-state index contributed by atoms with van der Waals surface area (Å²) in [5.74, 6) is -0.935. The van der Waals surface area contributed by atoms with E-state index in [1.165, 1.54) is 6.92 Å². The van der Waals surface area contributed by atoms with E-state index in [0.29, 0.717) is 0 Å². The number of aliphatic carboxylic acids is 1. The molecule has 0 rings (SSSR count). The molecule has 0 aromatic carbocycles. The third-order valence-corrected chi connectivity index (χ3v) is 0.365. The molecule has 0 amide bonds. The van der Waals surface area contributed by atoms with E-state index in [9.17, 15) is 4.79 Å². The van der Waals surface area contributed by atoms with Crippen LogP contribution in [0.15, 0.2) is 12.2 Å². The summed E-state index contributed by atoms with van der Waals surface area (Å²) in [5, 5.41) is 7.89. The van der Waals surface area contributed by atoms with Gasteiger partial charge in [0.15, 0.2) is 0 Å². The van der Waals surface area contributed by atoms with Crippen LogP contribution < -0.4 is 0 Å². The summed E-state index contributed by atoms with van der Waals surface area (Å²) < 4.78 is 8.88. The minimum atomic E-state index is -4.64. The predicted octanol–water partition coefficient (Wildman–Crippen LogP) is -0.282. The van der Waals surface area contributed by atoms with Gasteiger partial charge in [0.1, 0.15) is 0 Å². The molecule has 0 atom stereocenters. The van der Waals surface area contributed by atoms with E-state index in [1.54, 1.807) is 0 Å². The highest BCUT2D eigenvalue weighted by atomic mass is 31.2. The van der Waals surface area contributed by atoms with Gasteiger partial charge in [0.25, 0.3) is 0 Å². The van der Waals surface area contributed by atoms with Crippen molar-refractivity contribution in [2.45, 2.75) is 6.92 Å². The van der Waals surface area contributed by atoms with Gasteiger partial charge in [-0.1, -0.05) is 6.58 Å². The van der Waals surface area contributed by atoms with Crippen LogP contribution >= 0.6 is 7.82 Å². The topological polar surface area (TPSA) is 115 Å². The van der Waals surface area contributed by atoms with Gasteiger partial charge in [-0.05, 0) is 6.92 Å². The third-order valence-electron chi connectivity index (χ3n) is 0.365. The lowest BCUT2D eigenvalue weighted by atomic mass is 10.4. The zero-order chi connectivity index (χ0) is 9.65. The minimum Gasteiger partial charge on any atom is -0.478 e. The lowest BCUT2D eigenvalue weighted by molar-refractivity contribution is -0.132. The molecular weight excluding hydrogens is 175 g/mol. The van der Waals surface area contributed by atoms with Crippen LogP contribution in [0, 0.1) is 0 Å². The molecule has 0 heterocycles. The first-order chi connectivity index (χ1) is 4.64. The second-order valence-electron chi connectivity index (χ2n) is 1.60. The fraction of sp³-hybridized carbons (Fsp3) is 0.250. The number of phosphoric acid groups is 1. The first kappa shape index (κ1) is 12.9. The first-order valence-corrected chi connectivity index (χ1v) is 3.88. The fourth-order valence-electron chi connectivity index (χ4n) is 0. The van der Waals surface area contributed by atoms with E-state index in [0.717, 1.165) is 0 Å². The van der Waals surface area contributed by atoms with Gasteiger partial charge in [-0.15, -0.1) is 0 Å². The van der Waals surface area contributed by atoms with Gasteiger partial charge >= 0.3 is 13.8 Å². The van der Waals surface area contributed by atoms with E-state index < -0.39 is 13.8 Å². The van der Waals surface area contributed by atoms with Crippen LogP contribution in [0.4, 0.5) is 0 Å². The first-order valence-electron chi connectivity index (χ1n) is 2.31. The van der Waals surface area contributed by atoms with E-state index in [2.05, 4.69) is 6.58 Å². The Morgan fingerprint density at radius 3 is 1.45 bits per heavy atom. The molecule has 11 heavy (non-hydrogen) atoms. The van der Waals surface area contributed by atoms with Crippen molar-refractivity contribution >= 4 is 13.8 Å². The molecule has 0 saturated carbocycles. The molecule has 0 aromatic heterocycles. The van der Waals surface area contributed by atoms with Crippen molar-refractivity contribution in [3.63, 3.8) is 0 Å². The number of rotatable bonds is 1. The third kappa shape index (κ3) is 45.3. The van der Waals surface area contributed by atoms with Crippen LogP contribution in [0.3, 0.4) is 0 Å². The van der Waals surface area contributed by atoms with Crippen LogP contribution in [0.1, 0.15) is 6.92 Å². The van der Waals surface area contributed by atoms with Crippen LogP contribution in [0.2, 0.25) is 0 Å². The van der Waals surface area contributed by atoms with Crippen LogP contribution in [-0.4, -0.2) is 25.8 Å². The Bertz CT molecular complexity index is 170. The lowest BCUT2D eigenvalue weighted by Gasteiger charge is -1.82. The summed E-state index contributed by atoms with van der Waals surface area (Å²) in [6, 6.07) is 0. The van der Waals surface area contributed by atoms with Gasteiger partial charge in [-0.2, -0.15) is 0 Å². The van der Waals surface area contributed by atoms with Crippen molar-refractivity contribution in [3.8, 4) is 0 Å². The van der Waals surface area contributed by atoms with E-state index in [1.807, 2.05) is 0 Å². The molecule has 0 unspecified atom stereocenters. The monoisotopic (exact) mass is 184 g/mol. The molecule has 0 radical (unpaired) electrons. The quantitative estimate of drug-likeness (QED) is 0.329. The summed E-state index contributed by atoms with van der Waals surface area (Å²) in [6.07, 6.45) is 0. The molecule has 7 heteroatoms. The number of hydrogen-bond donors (Lipinski definition) is 4. The highest BCUT2D eigenvalue weighted by molar-refractivity contribution is 7.45. The van der Waals surface area contributed by atoms with Gasteiger partial charge in [-0.3, -0.25) is 0 Å². The Hall–Kier alpha value is -0.680. The number of carboxylic acid groups (broad SMARTS) is 1. The SMILES string of the molecule is C=C(C)C(=O)O.O=P(O)(O)O. The Morgan fingerprint density at radius 2 is 1.45 bits per heavy atom. The van der Waals surface area contributed by atoms with Crippen LogP contribution in [0.5, 0.6) is 0 Å². The molecule has 0 bridgehead atoms. The Balaban J connectivity index is 0. The van der Waals surface area contributed by atoms with Gasteiger partial charge in [0.05, 0.1) is 0 Å². The van der Waals surface area contributed by atoms with E-state index >= 15 is 0 Å². The van der Waals surface area contributed by atoms with Crippen LogP contribution in [0.25, 0.3) is 0 Å². The maximum Gasteiger partial charge on any atom is 0.466 e. The van der Waals surface area contributed by atoms with Gasteiger partial charge < -0.3 is 19.8 Å². The molecule has 0 spiro atoms. The predicted molar refractivity (Wildman–Crippen MR) is 36.7 cm³/mol.